The zero-order chi connectivity index (χ0) is 23.0. The summed E-state index contributed by atoms with van der Waals surface area (Å²) in [4.78, 5) is 40.1. The maximum absolute atomic E-state index is 12.9. The number of benzene rings is 1. The predicted molar refractivity (Wildman–Crippen MR) is 123 cm³/mol. The zero-order valence-corrected chi connectivity index (χ0v) is 19.2. The Kier molecular flexibility index (Phi) is 6.33. The third kappa shape index (κ3) is 3.88. The molecule has 3 rings (SSSR count). The average Bonchev–Trinajstić information content (AvgIpc) is 2.99. The fourth-order valence-corrected chi connectivity index (χ4v) is 4.31. The molecule has 1 aliphatic rings. The van der Waals surface area contributed by atoms with E-state index in [-0.39, 0.29) is 21.3 Å². The first kappa shape index (κ1) is 22.7. The van der Waals surface area contributed by atoms with Gasteiger partial charge in [-0.05, 0) is 75.8 Å². The van der Waals surface area contributed by atoms with Gasteiger partial charge in [-0.25, -0.2) is 4.79 Å². The maximum atomic E-state index is 12.9. The van der Waals surface area contributed by atoms with Gasteiger partial charge in [0.05, 0.1) is 10.6 Å². The molecule has 0 bridgehead atoms. The standard InChI is InChI=1S/C22H22ClN3O4S/c1-5-24-19(27)17(20(28)25(6-2)22(24)31)10-14-9-12(3)26(13(14)4)15-7-8-18(23)16(11-15)21(29)30/h7-11H,5-6H2,1-4H3,(H,29,30). The topological polar surface area (TPSA) is 82.9 Å². The third-order valence-corrected chi connectivity index (χ3v) is 6.02. The van der Waals surface area contributed by atoms with Gasteiger partial charge < -0.3 is 9.67 Å². The second-order valence-electron chi connectivity index (χ2n) is 7.07. The molecule has 2 amide bonds. The van der Waals surface area contributed by atoms with E-state index in [0.29, 0.717) is 24.3 Å². The molecule has 1 aromatic carbocycles. The highest BCUT2D eigenvalue weighted by Gasteiger charge is 2.38. The van der Waals surface area contributed by atoms with Crippen LogP contribution in [0.4, 0.5) is 0 Å². The van der Waals surface area contributed by atoms with Crippen LogP contribution in [-0.2, 0) is 9.59 Å². The molecule has 0 aliphatic carbocycles. The highest BCUT2D eigenvalue weighted by molar-refractivity contribution is 7.80. The number of carboxylic acid groups (broad SMARTS) is 1. The molecule has 0 atom stereocenters. The number of hydrogen-bond donors (Lipinski definition) is 1. The van der Waals surface area contributed by atoms with E-state index in [0.717, 1.165) is 11.4 Å². The number of carboxylic acids is 1. The number of rotatable bonds is 5. The van der Waals surface area contributed by atoms with Crippen molar-refractivity contribution in [1.29, 1.82) is 0 Å². The molecule has 1 N–H and O–H groups in total. The molecule has 1 saturated heterocycles. The lowest BCUT2D eigenvalue weighted by molar-refractivity contribution is -0.133. The first-order chi connectivity index (χ1) is 14.6. The van der Waals surface area contributed by atoms with Crippen molar-refractivity contribution in [1.82, 2.24) is 14.4 Å². The summed E-state index contributed by atoms with van der Waals surface area (Å²) in [5.74, 6) is -1.97. The Hall–Kier alpha value is -2.97. The third-order valence-electron chi connectivity index (χ3n) is 5.25. The van der Waals surface area contributed by atoms with Crippen molar-refractivity contribution in [2.45, 2.75) is 27.7 Å². The van der Waals surface area contributed by atoms with Gasteiger partial charge in [0.25, 0.3) is 11.8 Å². The zero-order valence-electron chi connectivity index (χ0n) is 17.6. The number of aromatic nitrogens is 1. The number of halogens is 1. The molecular formula is C22H22ClN3O4S. The molecule has 0 unspecified atom stereocenters. The number of aromatic carboxylic acids is 1. The van der Waals surface area contributed by atoms with Gasteiger partial charge in [0.1, 0.15) is 5.57 Å². The highest BCUT2D eigenvalue weighted by Crippen LogP contribution is 2.28. The van der Waals surface area contributed by atoms with Crippen LogP contribution in [0.2, 0.25) is 5.02 Å². The first-order valence-corrected chi connectivity index (χ1v) is 10.5. The number of carbonyl (C=O) groups is 3. The van der Waals surface area contributed by atoms with E-state index in [4.69, 9.17) is 23.8 Å². The summed E-state index contributed by atoms with van der Waals surface area (Å²) in [5, 5.41) is 9.74. The Morgan fingerprint density at radius 3 is 2.19 bits per heavy atom. The number of aryl methyl sites for hydroxylation is 1. The van der Waals surface area contributed by atoms with Gasteiger partial charge in [0.2, 0.25) is 0 Å². The normalized spacial score (nSPS) is 14.5. The summed E-state index contributed by atoms with van der Waals surface area (Å²) in [5.41, 5.74) is 2.91. The van der Waals surface area contributed by atoms with E-state index in [1.807, 2.05) is 24.5 Å². The molecule has 1 fully saturated rings. The molecule has 1 aromatic heterocycles. The fraction of sp³-hybridized carbons (Fsp3) is 0.273. The van der Waals surface area contributed by atoms with Crippen LogP contribution in [0, 0.1) is 13.8 Å². The summed E-state index contributed by atoms with van der Waals surface area (Å²) >= 11 is 11.3. The number of amides is 2. The van der Waals surface area contributed by atoms with Crippen LogP contribution in [0.5, 0.6) is 0 Å². The van der Waals surface area contributed by atoms with E-state index >= 15 is 0 Å². The lowest BCUT2D eigenvalue weighted by Crippen LogP contribution is -2.55. The molecule has 2 aromatic rings. The van der Waals surface area contributed by atoms with Crippen LogP contribution in [0.25, 0.3) is 11.8 Å². The predicted octanol–water partition coefficient (Wildman–Crippen LogP) is 3.82. The smallest absolute Gasteiger partial charge is 0.337 e. The van der Waals surface area contributed by atoms with Crippen molar-refractivity contribution in [3.63, 3.8) is 0 Å². The molecule has 7 nitrogen and oxygen atoms in total. The van der Waals surface area contributed by atoms with E-state index in [1.165, 1.54) is 21.9 Å². The Labute approximate surface area is 190 Å². The molecule has 162 valence electrons. The summed E-state index contributed by atoms with van der Waals surface area (Å²) in [6.07, 6.45) is 1.57. The first-order valence-electron chi connectivity index (χ1n) is 9.73. The van der Waals surface area contributed by atoms with Gasteiger partial charge >= 0.3 is 5.97 Å². The van der Waals surface area contributed by atoms with Gasteiger partial charge in [-0.2, -0.15) is 0 Å². The van der Waals surface area contributed by atoms with Crippen LogP contribution in [0.15, 0.2) is 29.8 Å². The van der Waals surface area contributed by atoms with E-state index in [1.54, 1.807) is 26.0 Å². The van der Waals surface area contributed by atoms with Crippen molar-refractivity contribution < 1.29 is 19.5 Å². The van der Waals surface area contributed by atoms with Crippen molar-refractivity contribution in [2.24, 2.45) is 0 Å². The number of hydrogen-bond acceptors (Lipinski definition) is 4. The summed E-state index contributed by atoms with van der Waals surface area (Å²) in [6.45, 7) is 8.03. The molecule has 9 heteroatoms. The second kappa shape index (κ2) is 8.64. The van der Waals surface area contributed by atoms with Gasteiger partial charge in [-0.1, -0.05) is 11.6 Å². The van der Waals surface area contributed by atoms with Crippen LogP contribution in [0.3, 0.4) is 0 Å². The minimum Gasteiger partial charge on any atom is -0.478 e. The number of carbonyl (C=O) groups excluding carboxylic acids is 2. The van der Waals surface area contributed by atoms with Crippen molar-refractivity contribution in [2.75, 3.05) is 13.1 Å². The second-order valence-corrected chi connectivity index (χ2v) is 7.84. The number of thiocarbonyl (C=S) groups is 1. The average molecular weight is 460 g/mol. The van der Waals surface area contributed by atoms with Gasteiger partial charge in [0, 0.05) is 30.2 Å². The Bertz CT molecular complexity index is 1120. The lowest BCUT2D eigenvalue weighted by Gasteiger charge is -2.35. The largest absolute Gasteiger partial charge is 0.478 e. The van der Waals surface area contributed by atoms with Crippen LogP contribution < -0.4 is 0 Å². The summed E-state index contributed by atoms with van der Waals surface area (Å²) in [7, 11) is 0. The minimum absolute atomic E-state index is 0.00473. The van der Waals surface area contributed by atoms with E-state index in [2.05, 4.69) is 0 Å². The maximum Gasteiger partial charge on any atom is 0.337 e. The summed E-state index contributed by atoms with van der Waals surface area (Å²) < 4.78 is 1.85. The highest BCUT2D eigenvalue weighted by atomic mass is 35.5. The molecule has 0 radical (unpaired) electrons. The molecule has 0 spiro atoms. The lowest BCUT2D eigenvalue weighted by atomic mass is 10.1. The van der Waals surface area contributed by atoms with Gasteiger partial charge in [0.15, 0.2) is 5.11 Å². The number of nitrogens with zero attached hydrogens (tertiary/aromatic N) is 3. The van der Waals surface area contributed by atoms with Crippen molar-refractivity contribution in [3.05, 3.63) is 57.4 Å². The Balaban J connectivity index is 2.12. The Morgan fingerprint density at radius 1 is 1.10 bits per heavy atom. The Morgan fingerprint density at radius 2 is 1.68 bits per heavy atom. The van der Waals surface area contributed by atoms with E-state index in [9.17, 15) is 19.5 Å². The fourth-order valence-electron chi connectivity index (χ4n) is 3.69. The van der Waals surface area contributed by atoms with Crippen molar-refractivity contribution >= 4 is 52.8 Å². The van der Waals surface area contributed by atoms with Crippen molar-refractivity contribution in [3.8, 4) is 5.69 Å². The molecule has 0 saturated carbocycles. The molecule has 31 heavy (non-hydrogen) atoms. The molecule has 1 aliphatic heterocycles. The van der Waals surface area contributed by atoms with Gasteiger partial charge in [-0.15, -0.1) is 0 Å². The van der Waals surface area contributed by atoms with Crippen LogP contribution >= 0.6 is 23.8 Å². The van der Waals surface area contributed by atoms with Crippen LogP contribution in [-0.4, -0.2) is 55.5 Å². The SMILES string of the molecule is CCN1C(=O)C(=Cc2cc(C)n(-c3ccc(Cl)c(C(=O)O)c3)c2C)C(=O)N(CC)C1=S. The van der Waals surface area contributed by atoms with Gasteiger partial charge in [-0.3, -0.25) is 19.4 Å². The molecular weight excluding hydrogens is 438 g/mol. The molecule has 2 heterocycles. The minimum atomic E-state index is -1.12. The van der Waals surface area contributed by atoms with Crippen LogP contribution in [0.1, 0.15) is 41.2 Å². The quantitative estimate of drug-likeness (QED) is 0.417. The monoisotopic (exact) mass is 459 g/mol. The number of likely N-dealkylation sites (N-methyl/N-ethyl adjacent to an activating group) is 2. The van der Waals surface area contributed by atoms with E-state index < -0.39 is 17.8 Å². The summed E-state index contributed by atoms with van der Waals surface area (Å²) in [6, 6.07) is 6.59.